The molecule has 28 heavy (non-hydrogen) atoms. The number of ether oxygens (including phenoxy) is 1. The van der Waals surface area contributed by atoms with Crippen LogP contribution in [0.5, 0.6) is 0 Å². The SMILES string of the molecule is O=C(Cc1ccc(F)cc1F)NC[C@H]1[C@H]2CN(C(=O)CCO)C[C@]23CC[C@H]1O3. The van der Waals surface area contributed by atoms with E-state index in [1.165, 1.54) is 6.07 Å². The van der Waals surface area contributed by atoms with Gasteiger partial charge in [-0.05, 0) is 24.5 Å². The van der Waals surface area contributed by atoms with Crippen molar-refractivity contribution in [3.05, 3.63) is 35.4 Å². The summed E-state index contributed by atoms with van der Waals surface area (Å²) in [5.74, 6) is -1.56. The Labute approximate surface area is 161 Å². The monoisotopic (exact) mass is 394 g/mol. The number of likely N-dealkylation sites (tertiary alicyclic amines) is 1. The van der Waals surface area contributed by atoms with Crippen LogP contribution in [0.2, 0.25) is 0 Å². The van der Waals surface area contributed by atoms with Crippen molar-refractivity contribution >= 4 is 11.8 Å². The second-order valence-electron chi connectivity index (χ2n) is 7.99. The summed E-state index contributed by atoms with van der Waals surface area (Å²) in [4.78, 5) is 26.2. The normalized spacial score (nSPS) is 30.5. The lowest BCUT2D eigenvalue weighted by Crippen LogP contribution is -2.42. The molecular formula is C20H24F2N2O4. The van der Waals surface area contributed by atoms with Crippen LogP contribution in [-0.4, -0.2) is 59.8 Å². The van der Waals surface area contributed by atoms with Gasteiger partial charge in [-0.3, -0.25) is 9.59 Å². The van der Waals surface area contributed by atoms with Gasteiger partial charge in [-0.25, -0.2) is 8.78 Å². The molecule has 4 atom stereocenters. The van der Waals surface area contributed by atoms with Gasteiger partial charge in [-0.1, -0.05) is 6.07 Å². The molecule has 8 heteroatoms. The second kappa shape index (κ2) is 7.40. The van der Waals surface area contributed by atoms with E-state index in [1.807, 2.05) is 0 Å². The van der Waals surface area contributed by atoms with E-state index in [0.29, 0.717) is 19.6 Å². The first kappa shape index (κ1) is 19.3. The zero-order chi connectivity index (χ0) is 19.9. The molecule has 0 aliphatic carbocycles. The minimum atomic E-state index is -0.730. The lowest BCUT2D eigenvalue weighted by molar-refractivity contribution is -0.132. The number of hydrogen-bond donors (Lipinski definition) is 2. The molecule has 3 aliphatic rings. The summed E-state index contributed by atoms with van der Waals surface area (Å²) < 4.78 is 33.0. The maximum atomic E-state index is 13.7. The van der Waals surface area contributed by atoms with Crippen molar-refractivity contribution in [2.24, 2.45) is 11.8 Å². The molecule has 0 radical (unpaired) electrons. The van der Waals surface area contributed by atoms with Gasteiger partial charge in [0.15, 0.2) is 0 Å². The van der Waals surface area contributed by atoms with Crippen LogP contribution in [-0.2, 0) is 20.7 Å². The van der Waals surface area contributed by atoms with Gasteiger partial charge in [-0.15, -0.1) is 0 Å². The number of nitrogens with one attached hydrogen (secondary N) is 1. The van der Waals surface area contributed by atoms with Gasteiger partial charge in [0.1, 0.15) is 11.6 Å². The first-order chi connectivity index (χ1) is 13.4. The minimum Gasteiger partial charge on any atom is -0.396 e. The Morgan fingerprint density at radius 2 is 2.18 bits per heavy atom. The molecule has 3 aliphatic heterocycles. The number of aliphatic hydroxyl groups excluding tert-OH is 1. The summed E-state index contributed by atoms with van der Waals surface area (Å²) in [6.07, 6.45) is 1.81. The van der Waals surface area contributed by atoms with Gasteiger partial charge >= 0.3 is 0 Å². The molecule has 152 valence electrons. The predicted octanol–water partition coefficient (Wildman–Crippen LogP) is 1.01. The van der Waals surface area contributed by atoms with Gasteiger partial charge in [0, 0.05) is 37.4 Å². The van der Waals surface area contributed by atoms with Gasteiger partial charge < -0.3 is 20.1 Å². The number of halogens is 2. The number of benzene rings is 1. The average molecular weight is 394 g/mol. The minimum absolute atomic E-state index is 0.0583. The molecule has 0 unspecified atom stereocenters. The Morgan fingerprint density at radius 3 is 2.93 bits per heavy atom. The molecule has 4 rings (SSSR count). The van der Waals surface area contributed by atoms with Crippen LogP contribution < -0.4 is 5.32 Å². The molecule has 3 fully saturated rings. The molecule has 3 saturated heterocycles. The van der Waals surface area contributed by atoms with Crippen molar-refractivity contribution in [2.45, 2.75) is 37.4 Å². The van der Waals surface area contributed by atoms with Crippen molar-refractivity contribution in [3.63, 3.8) is 0 Å². The van der Waals surface area contributed by atoms with Crippen LogP contribution in [0.1, 0.15) is 24.8 Å². The van der Waals surface area contributed by atoms with Gasteiger partial charge in [0.2, 0.25) is 11.8 Å². The molecule has 6 nitrogen and oxygen atoms in total. The van der Waals surface area contributed by atoms with Crippen molar-refractivity contribution in [3.8, 4) is 0 Å². The van der Waals surface area contributed by atoms with E-state index >= 15 is 0 Å². The highest BCUT2D eigenvalue weighted by Crippen LogP contribution is 2.54. The van der Waals surface area contributed by atoms with E-state index in [9.17, 15) is 18.4 Å². The third kappa shape index (κ3) is 3.39. The van der Waals surface area contributed by atoms with Crippen molar-refractivity contribution in [1.29, 1.82) is 0 Å². The first-order valence-corrected chi connectivity index (χ1v) is 9.69. The number of fused-ring (bicyclic) bond motifs is 1. The molecule has 0 aromatic heterocycles. The Morgan fingerprint density at radius 1 is 1.36 bits per heavy atom. The van der Waals surface area contributed by atoms with Crippen LogP contribution in [0.4, 0.5) is 8.78 Å². The molecule has 2 bridgehead atoms. The topological polar surface area (TPSA) is 78.9 Å². The predicted molar refractivity (Wildman–Crippen MR) is 95.2 cm³/mol. The fourth-order valence-electron chi connectivity index (χ4n) is 5.04. The van der Waals surface area contributed by atoms with Crippen molar-refractivity contribution in [2.75, 3.05) is 26.2 Å². The molecule has 3 heterocycles. The standard InChI is InChI=1S/C20H24F2N2O4/c21-13-2-1-12(16(22)8-13)7-18(26)23-9-14-15-10-24(19(27)4-6-25)11-20(15)5-3-17(14)28-20/h1-2,8,14-15,17,25H,3-7,9-11H2,(H,23,26)/t14-,15+,17+,20+/m0/s1. The van der Waals surface area contributed by atoms with E-state index in [1.54, 1.807) is 4.90 Å². The smallest absolute Gasteiger partial charge is 0.224 e. The van der Waals surface area contributed by atoms with E-state index < -0.39 is 11.6 Å². The Kier molecular flexibility index (Phi) is 5.09. The summed E-state index contributed by atoms with van der Waals surface area (Å²) in [6, 6.07) is 3.18. The molecular weight excluding hydrogens is 370 g/mol. The number of hydrogen-bond acceptors (Lipinski definition) is 4. The lowest BCUT2D eigenvalue weighted by Gasteiger charge is -2.29. The summed E-state index contributed by atoms with van der Waals surface area (Å²) in [5, 5.41) is 11.9. The average Bonchev–Trinajstić information content (AvgIpc) is 3.31. The summed E-state index contributed by atoms with van der Waals surface area (Å²) in [5.41, 5.74) is -0.185. The van der Waals surface area contributed by atoms with E-state index in [0.717, 1.165) is 25.0 Å². The molecule has 1 aromatic rings. The van der Waals surface area contributed by atoms with E-state index in [4.69, 9.17) is 9.84 Å². The van der Waals surface area contributed by atoms with Crippen molar-refractivity contribution in [1.82, 2.24) is 10.2 Å². The van der Waals surface area contributed by atoms with Crippen LogP contribution in [0.25, 0.3) is 0 Å². The second-order valence-corrected chi connectivity index (χ2v) is 7.99. The van der Waals surface area contributed by atoms with Crippen LogP contribution >= 0.6 is 0 Å². The van der Waals surface area contributed by atoms with Crippen LogP contribution in [0.15, 0.2) is 18.2 Å². The largest absolute Gasteiger partial charge is 0.396 e. The number of nitrogens with zero attached hydrogens (tertiary/aromatic N) is 1. The highest BCUT2D eigenvalue weighted by molar-refractivity contribution is 5.78. The molecule has 1 aromatic carbocycles. The Bertz CT molecular complexity index is 789. The first-order valence-electron chi connectivity index (χ1n) is 9.69. The van der Waals surface area contributed by atoms with Crippen molar-refractivity contribution < 1.29 is 28.2 Å². The third-order valence-electron chi connectivity index (χ3n) is 6.36. The Balaban J connectivity index is 1.36. The zero-order valence-electron chi connectivity index (χ0n) is 15.5. The number of carbonyl (C=O) groups excluding carboxylic acids is 2. The van der Waals surface area contributed by atoms with E-state index in [2.05, 4.69) is 5.32 Å². The zero-order valence-corrected chi connectivity index (χ0v) is 15.5. The summed E-state index contributed by atoms with van der Waals surface area (Å²) in [6.45, 7) is 1.34. The molecule has 0 saturated carbocycles. The number of rotatable bonds is 6. The molecule has 2 N–H and O–H groups in total. The summed E-state index contributed by atoms with van der Waals surface area (Å²) >= 11 is 0. The lowest BCUT2D eigenvalue weighted by atomic mass is 9.73. The fraction of sp³-hybridized carbons (Fsp3) is 0.600. The quantitative estimate of drug-likeness (QED) is 0.755. The molecule has 2 amide bonds. The highest BCUT2D eigenvalue weighted by Gasteiger charge is 2.63. The van der Waals surface area contributed by atoms with Crippen LogP contribution in [0.3, 0.4) is 0 Å². The van der Waals surface area contributed by atoms with Gasteiger partial charge in [0.25, 0.3) is 0 Å². The molecule has 1 spiro atoms. The maximum absolute atomic E-state index is 13.7. The van der Waals surface area contributed by atoms with Gasteiger partial charge in [-0.2, -0.15) is 0 Å². The maximum Gasteiger partial charge on any atom is 0.224 e. The van der Waals surface area contributed by atoms with Gasteiger partial charge in [0.05, 0.1) is 31.3 Å². The van der Waals surface area contributed by atoms with Crippen LogP contribution in [0, 0.1) is 23.5 Å². The third-order valence-corrected chi connectivity index (χ3v) is 6.36. The highest BCUT2D eigenvalue weighted by atomic mass is 19.1. The van der Waals surface area contributed by atoms with E-state index in [-0.39, 0.29) is 60.4 Å². The Hall–Kier alpha value is -2.06. The summed E-state index contributed by atoms with van der Waals surface area (Å²) in [7, 11) is 0. The number of aliphatic hydroxyl groups is 1. The number of amides is 2. The number of carbonyl (C=O) groups is 2. The fourth-order valence-corrected chi connectivity index (χ4v) is 5.04.